The van der Waals surface area contributed by atoms with Gasteiger partial charge >= 0.3 is 5.97 Å². The van der Waals surface area contributed by atoms with Gasteiger partial charge in [-0.3, -0.25) is 10.1 Å². The van der Waals surface area contributed by atoms with Crippen molar-refractivity contribution < 1.29 is 14.8 Å². The molecule has 0 bridgehead atoms. The fourth-order valence-electron chi connectivity index (χ4n) is 1.88. The van der Waals surface area contributed by atoms with E-state index < -0.39 is 10.9 Å². The van der Waals surface area contributed by atoms with E-state index in [2.05, 4.69) is 0 Å². The molecule has 2 rings (SSSR count). The lowest BCUT2D eigenvalue weighted by Crippen LogP contribution is -2.01. The first-order chi connectivity index (χ1) is 9.90. The number of benzene rings is 2. The Morgan fingerprint density at radius 1 is 1.19 bits per heavy atom. The van der Waals surface area contributed by atoms with Gasteiger partial charge in [0, 0.05) is 21.4 Å². The largest absolute Gasteiger partial charge is 0.478 e. The Labute approximate surface area is 125 Å². The number of hydrogen-bond acceptors (Lipinski definition) is 4. The Morgan fingerprint density at radius 2 is 1.86 bits per heavy atom. The van der Waals surface area contributed by atoms with E-state index in [1.165, 1.54) is 17.8 Å². The van der Waals surface area contributed by atoms with Crippen LogP contribution in [0.3, 0.4) is 0 Å². The smallest absolute Gasteiger partial charge is 0.335 e. The third-order valence-corrected chi connectivity index (χ3v) is 4.41. The van der Waals surface area contributed by atoms with E-state index in [-0.39, 0.29) is 11.3 Å². The van der Waals surface area contributed by atoms with Crippen molar-refractivity contribution in [3.05, 3.63) is 63.2 Å². The van der Waals surface area contributed by atoms with Crippen LogP contribution in [0.25, 0.3) is 0 Å². The number of nitro groups is 1. The first kappa shape index (κ1) is 15.1. The fourth-order valence-corrected chi connectivity index (χ4v) is 2.94. The molecule has 0 aliphatic heterocycles. The number of carboxylic acids is 1. The summed E-state index contributed by atoms with van der Waals surface area (Å²) in [4.78, 5) is 23.2. The third-order valence-electron chi connectivity index (χ3n) is 3.09. The topological polar surface area (TPSA) is 80.4 Å². The van der Waals surface area contributed by atoms with Crippen molar-refractivity contribution in [2.24, 2.45) is 0 Å². The van der Waals surface area contributed by atoms with Gasteiger partial charge in [-0.05, 0) is 31.5 Å². The average Bonchev–Trinajstić information content (AvgIpc) is 2.42. The molecule has 2 aromatic rings. The van der Waals surface area contributed by atoms with Gasteiger partial charge in [0.15, 0.2) is 0 Å². The Kier molecular flexibility index (Phi) is 4.28. The molecule has 1 N–H and O–H groups in total. The molecule has 0 unspecified atom stereocenters. The Morgan fingerprint density at radius 3 is 2.43 bits per heavy atom. The molecule has 0 aliphatic rings. The summed E-state index contributed by atoms with van der Waals surface area (Å²) in [5.74, 6) is -1.18. The van der Waals surface area contributed by atoms with Crippen molar-refractivity contribution in [3.8, 4) is 0 Å². The van der Waals surface area contributed by atoms with Gasteiger partial charge in [0.25, 0.3) is 5.69 Å². The maximum atomic E-state index is 11.1. The van der Waals surface area contributed by atoms with Gasteiger partial charge in [0.2, 0.25) is 0 Å². The van der Waals surface area contributed by atoms with Crippen LogP contribution >= 0.6 is 11.8 Å². The molecular formula is C15H13NO4S. The lowest BCUT2D eigenvalue weighted by molar-refractivity contribution is -0.385. The molecule has 2 aromatic carbocycles. The van der Waals surface area contributed by atoms with E-state index in [1.54, 1.807) is 6.92 Å². The number of aromatic carboxylic acids is 1. The predicted octanol–water partition coefficient (Wildman–Crippen LogP) is 4.06. The lowest BCUT2D eigenvalue weighted by Gasteiger charge is -2.09. The van der Waals surface area contributed by atoms with Gasteiger partial charge in [-0.25, -0.2) is 4.79 Å². The van der Waals surface area contributed by atoms with Crippen LogP contribution in [0.5, 0.6) is 0 Å². The van der Waals surface area contributed by atoms with Crippen LogP contribution in [-0.4, -0.2) is 16.0 Å². The molecule has 0 saturated heterocycles. The molecule has 21 heavy (non-hydrogen) atoms. The molecule has 0 saturated carbocycles. The maximum absolute atomic E-state index is 11.1. The van der Waals surface area contributed by atoms with Crippen molar-refractivity contribution in [1.29, 1.82) is 0 Å². The Hall–Kier alpha value is -2.34. The van der Waals surface area contributed by atoms with Crippen LogP contribution in [-0.2, 0) is 0 Å². The Balaban J connectivity index is 2.55. The zero-order valence-corrected chi connectivity index (χ0v) is 12.3. The molecule has 0 aliphatic carbocycles. The second-order valence-corrected chi connectivity index (χ2v) is 5.63. The first-order valence-electron chi connectivity index (χ1n) is 6.16. The number of nitro benzene ring substituents is 1. The molecule has 0 spiro atoms. The lowest BCUT2D eigenvalue weighted by atomic mass is 10.1. The van der Waals surface area contributed by atoms with Gasteiger partial charge < -0.3 is 5.11 Å². The van der Waals surface area contributed by atoms with Gasteiger partial charge in [-0.2, -0.15) is 0 Å². The van der Waals surface area contributed by atoms with Crippen LogP contribution in [0.4, 0.5) is 5.69 Å². The summed E-state index contributed by atoms with van der Waals surface area (Å²) >= 11 is 1.34. The molecule has 0 radical (unpaired) electrons. The van der Waals surface area contributed by atoms with Gasteiger partial charge in [-0.15, -0.1) is 0 Å². The first-order valence-corrected chi connectivity index (χ1v) is 6.97. The zero-order valence-electron chi connectivity index (χ0n) is 11.5. The molecule has 6 heteroatoms. The van der Waals surface area contributed by atoms with Gasteiger partial charge in [-0.1, -0.05) is 30.0 Å². The summed E-state index contributed by atoms with van der Waals surface area (Å²) in [5, 5.41) is 20.2. The Bertz CT molecular complexity index is 728. The molecular weight excluding hydrogens is 290 g/mol. The normalized spacial score (nSPS) is 10.4. The zero-order chi connectivity index (χ0) is 15.6. The van der Waals surface area contributed by atoms with Crippen molar-refractivity contribution >= 4 is 23.4 Å². The van der Waals surface area contributed by atoms with Crippen molar-refractivity contribution in [1.82, 2.24) is 0 Å². The van der Waals surface area contributed by atoms with Crippen LogP contribution in [0.2, 0.25) is 0 Å². The highest BCUT2D eigenvalue weighted by Crippen LogP contribution is 2.36. The molecule has 0 amide bonds. The van der Waals surface area contributed by atoms with E-state index in [0.717, 1.165) is 16.5 Å². The average molecular weight is 303 g/mol. The van der Waals surface area contributed by atoms with Crippen molar-refractivity contribution in [2.75, 3.05) is 0 Å². The summed E-state index contributed by atoms with van der Waals surface area (Å²) in [6.45, 7) is 3.57. The monoisotopic (exact) mass is 303 g/mol. The third kappa shape index (κ3) is 3.22. The highest BCUT2D eigenvalue weighted by atomic mass is 32.2. The predicted molar refractivity (Wildman–Crippen MR) is 80.1 cm³/mol. The summed E-state index contributed by atoms with van der Waals surface area (Å²) in [7, 11) is 0. The van der Waals surface area contributed by atoms with Crippen molar-refractivity contribution in [2.45, 2.75) is 23.6 Å². The molecule has 0 atom stereocenters. The standard InChI is InChI=1S/C15H13NO4S/c1-9-5-3-4-6-13(9)21-14-8-11(15(17)18)7-12(10(14)2)16(19)20/h3-8H,1-2H3,(H,17,18). The van der Waals surface area contributed by atoms with Gasteiger partial charge in [0.05, 0.1) is 10.5 Å². The van der Waals surface area contributed by atoms with E-state index in [0.29, 0.717) is 10.5 Å². The summed E-state index contributed by atoms with van der Waals surface area (Å²) in [6.07, 6.45) is 0. The van der Waals surface area contributed by atoms with Crippen molar-refractivity contribution in [3.63, 3.8) is 0 Å². The number of hydrogen-bond donors (Lipinski definition) is 1. The number of carboxylic acid groups (broad SMARTS) is 1. The van der Waals surface area contributed by atoms with Crippen LogP contribution in [0.1, 0.15) is 21.5 Å². The molecule has 108 valence electrons. The molecule has 0 fully saturated rings. The minimum absolute atomic E-state index is 0.0802. The quantitative estimate of drug-likeness (QED) is 0.680. The highest BCUT2D eigenvalue weighted by molar-refractivity contribution is 7.99. The summed E-state index contributed by atoms with van der Waals surface area (Å²) in [5.41, 5.74) is 1.25. The number of rotatable bonds is 4. The number of carbonyl (C=O) groups is 1. The van der Waals surface area contributed by atoms with E-state index >= 15 is 0 Å². The fraction of sp³-hybridized carbons (Fsp3) is 0.133. The molecule has 0 heterocycles. The second kappa shape index (κ2) is 5.97. The van der Waals surface area contributed by atoms with E-state index in [1.807, 2.05) is 31.2 Å². The van der Waals surface area contributed by atoms with Gasteiger partial charge in [0.1, 0.15) is 0 Å². The second-order valence-electron chi connectivity index (χ2n) is 4.55. The SMILES string of the molecule is Cc1ccccc1Sc1cc(C(=O)O)cc([N+](=O)[O-])c1C. The summed E-state index contributed by atoms with van der Waals surface area (Å²) < 4.78 is 0. The molecule has 5 nitrogen and oxygen atoms in total. The highest BCUT2D eigenvalue weighted by Gasteiger charge is 2.19. The van der Waals surface area contributed by atoms with Crippen LogP contribution in [0, 0.1) is 24.0 Å². The van der Waals surface area contributed by atoms with Crippen LogP contribution in [0.15, 0.2) is 46.2 Å². The summed E-state index contributed by atoms with van der Waals surface area (Å²) in [6, 6.07) is 10.2. The number of aryl methyl sites for hydroxylation is 1. The minimum Gasteiger partial charge on any atom is -0.478 e. The van der Waals surface area contributed by atoms with E-state index in [4.69, 9.17) is 5.11 Å². The minimum atomic E-state index is -1.18. The molecule has 0 aromatic heterocycles. The maximum Gasteiger partial charge on any atom is 0.335 e. The van der Waals surface area contributed by atoms with Crippen LogP contribution < -0.4 is 0 Å². The number of nitrogens with zero attached hydrogens (tertiary/aromatic N) is 1. The van der Waals surface area contributed by atoms with E-state index in [9.17, 15) is 14.9 Å².